The van der Waals surface area contributed by atoms with Gasteiger partial charge in [-0.1, -0.05) is 17.7 Å². The molecular formula is C11H9ClN4O3S. The zero-order chi connectivity index (χ0) is 14.7. The Labute approximate surface area is 122 Å². The number of hydrogen-bond donors (Lipinski definition) is 3. The van der Waals surface area contributed by atoms with Crippen LogP contribution < -0.4 is 10.6 Å². The Hall–Kier alpha value is -2.19. The van der Waals surface area contributed by atoms with Crippen LogP contribution in [0.15, 0.2) is 18.2 Å². The van der Waals surface area contributed by atoms with Crippen LogP contribution in [0.4, 0.5) is 15.6 Å². The average Bonchev–Trinajstić information content (AvgIpc) is 2.74. The van der Waals surface area contributed by atoms with Crippen LogP contribution in [-0.4, -0.2) is 26.5 Å². The number of aromatic nitrogens is 2. The summed E-state index contributed by atoms with van der Waals surface area (Å²) in [6, 6.07) is 3.80. The molecule has 0 aliphatic rings. The topological polar surface area (TPSA) is 104 Å². The Morgan fingerprint density at radius 3 is 2.70 bits per heavy atom. The minimum Gasteiger partial charge on any atom is -0.478 e. The summed E-state index contributed by atoms with van der Waals surface area (Å²) in [7, 11) is 0. The third-order valence-electron chi connectivity index (χ3n) is 2.22. The molecule has 0 spiro atoms. The second-order valence-corrected chi connectivity index (χ2v) is 4.85. The summed E-state index contributed by atoms with van der Waals surface area (Å²) < 4.78 is 3.91. The number of carbonyl (C=O) groups excluding carboxylic acids is 1. The van der Waals surface area contributed by atoms with E-state index in [1.807, 2.05) is 0 Å². The van der Waals surface area contributed by atoms with Crippen LogP contribution in [0.2, 0.25) is 5.02 Å². The second-order valence-electron chi connectivity index (χ2n) is 3.69. The molecular weight excluding hydrogens is 304 g/mol. The minimum absolute atomic E-state index is 0.0436. The van der Waals surface area contributed by atoms with Crippen molar-refractivity contribution in [2.24, 2.45) is 0 Å². The van der Waals surface area contributed by atoms with Gasteiger partial charge in [0.1, 0.15) is 11.4 Å². The number of carboxylic acid groups (broad SMARTS) is 1. The summed E-state index contributed by atoms with van der Waals surface area (Å²) in [6.07, 6.45) is 0. The van der Waals surface area contributed by atoms with E-state index in [0.717, 1.165) is 11.5 Å². The van der Waals surface area contributed by atoms with Gasteiger partial charge in [-0.2, -0.15) is 4.37 Å². The lowest BCUT2D eigenvalue weighted by atomic mass is 10.2. The zero-order valence-electron chi connectivity index (χ0n) is 10.2. The average molecular weight is 313 g/mol. The lowest BCUT2D eigenvalue weighted by molar-refractivity contribution is 0.0698. The molecule has 0 radical (unpaired) electrons. The number of aromatic carboxylic acids is 1. The Kier molecular flexibility index (Phi) is 4.16. The van der Waals surface area contributed by atoms with E-state index in [9.17, 15) is 9.59 Å². The van der Waals surface area contributed by atoms with E-state index in [2.05, 4.69) is 20.0 Å². The normalized spacial score (nSPS) is 10.1. The van der Waals surface area contributed by atoms with Gasteiger partial charge in [0, 0.05) is 11.5 Å². The van der Waals surface area contributed by atoms with E-state index in [1.165, 1.54) is 12.1 Å². The van der Waals surface area contributed by atoms with Crippen molar-refractivity contribution in [3.05, 3.63) is 34.6 Å². The highest BCUT2D eigenvalue weighted by Gasteiger charge is 2.16. The molecule has 9 heteroatoms. The Morgan fingerprint density at radius 1 is 1.35 bits per heavy atom. The van der Waals surface area contributed by atoms with E-state index >= 15 is 0 Å². The number of anilines is 2. The first-order valence-electron chi connectivity index (χ1n) is 5.37. The SMILES string of the molecule is Cc1nsc(NC(=O)Nc2cccc(Cl)c2C(=O)O)n1. The summed E-state index contributed by atoms with van der Waals surface area (Å²) in [4.78, 5) is 26.8. The van der Waals surface area contributed by atoms with E-state index in [0.29, 0.717) is 11.0 Å². The number of aryl methyl sites for hydroxylation is 1. The molecule has 0 aliphatic heterocycles. The van der Waals surface area contributed by atoms with Crippen molar-refractivity contribution >= 4 is 46.0 Å². The summed E-state index contributed by atoms with van der Waals surface area (Å²) in [5.74, 6) is -0.683. The number of nitrogens with one attached hydrogen (secondary N) is 2. The third-order valence-corrected chi connectivity index (χ3v) is 3.26. The molecule has 0 bridgehead atoms. The highest BCUT2D eigenvalue weighted by atomic mass is 35.5. The van der Waals surface area contributed by atoms with Gasteiger partial charge < -0.3 is 10.4 Å². The maximum atomic E-state index is 11.8. The molecule has 0 saturated heterocycles. The third kappa shape index (κ3) is 3.22. The predicted molar refractivity (Wildman–Crippen MR) is 75.7 cm³/mol. The van der Waals surface area contributed by atoms with Crippen molar-refractivity contribution in [2.75, 3.05) is 10.6 Å². The van der Waals surface area contributed by atoms with Gasteiger partial charge in [-0.3, -0.25) is 5.32 Å². The van der Waals surface area contributed by atoms with Crippen LogP contribution in [0.1, 0.15) is 16.2 Å². The molecule has 1 aromatic carbocycles. The molecule has 2 rings (SSSR count). The fraction of sp³-hybridized carbons (Fsp3) is 0.0909. The van der Waals surface area contributed by atoms with Crippen molar-refractivity contribution in [3.8, 4) is 0 Å². The van der Waals surface area contributed by atoms with Gasteiger partial charge in [0.25, 0.3) is 0 Å². The number of carboxylic acids is 1. The molecule has 1 heterocycles. The lowest BCUT2D eigenvalue weighted by Gasteiger charge is -2.09. The first-order chi connectivity index (χ1) is 9.47. The van der Waals surface area contributed by atoms with Gasteiger partial charge >= 0.3 is 12.0 Å². The number of hydrogen-bond acceptors (Lipinski definition) is 5. The summed E-state index contributed by atoms with van der Waals surface area (Å²) in [5, 5.41) is 14.3. The summed E-state index contributed by atoms with van der Waals surface area (Å²) in [5.41, 5.74) is -0.0681. The molecule has 0 unspecified atom stereocenters. The first-order valence-corrected chi connectivity index (χ1v) is 6.52. The first kappa shape index (κ1) is 14.2. The van der Waals surface area contributed by atoms with Crippen LogP contribution in [0.25, 0.3) is 0 Å². The Morgan fingerprint density at radius 2 is 2.10 bits per heavy atom. The summed E-state index contributed by atoms with van der Waals surface area (Å²) >= 11 is 6.83. The maximum absolute atomic E-state index is 11.8. The number of rotatable bonds is 3. The quantitative estimate of drug-likeness (QED) is 0.808. The largest absolute Gasteiger partial charge is 0.478 e. The van der Waals surface area contributed by atoms with Crippen molar-refractivity contribution < 1.29 is 14.7 Å². The molecule has 0 saturated carbocycles. The van der Waals surface area contributed by atoms with E-state index in [-0.39, 0.29) is 16.3 Å². The van der Waals surface area contributed by atoms with Gasteiger partial charge in [-0.05, 0) is 19.1 Å². The van der Waals surface area contributed by atoms with Gasteiger partial charge in [0.2, 0.25) is 5.13 Å². The lowest BCUT2D eigenvalue weighted by Crippen LogP contribution is -2.21. The molecule has 104 valence electrons. The number of nitrogens with zero attached hydrogens (tertiary/aromatic N) is 2. The van der Waals surface area contributed by atoms with Crippen molar-refractivity contribution in [2.45, 2.75) is 6.92 Å². The van der Waals surface area contributed by atoms with Gasteiger partial charge in [-0.25, -0.2) is 14.6 Å². The number of amides is 2. The van der Waals surface area contributed by atoms with Gasteiger partial charge in [-0.15, -0.1) is 0 Å². The number of benzene rings is 1. The highest BCUT2D eigenvalue weighted by Crippen LogP contribution is 2.24. The van der Waals surface area contributed by atoms with E-state index in [4.69, 9.17) is 16.7 Å². The highest BCUT2D eigenvalue weighted by molar-refractivity contribution is 7.09. The van der Waals surface area contributed by atoms with Crippen LogP contribution >= 0.6 is 23.1 Å². The van der Waals surface area contributed by atoms with Crippen LogP contribution in [-0.2, 0) is 0 Å². The van der Waals surface area contributed by atoms with E-state index in [1.54, 1.807) is 13.0 Å². The summed E-state index contributed by atoms with van der Waals surface area (Å²) in [6.45, 7) is 1.69. The maximum Gasteiger partial charge on any atom is 0.339 e. The minimum atomic E-state index is -1.22. The van der Waals surface area contributed by atoms with E-state index < -0.39 is 12.0 Å². The Balaban J connectivity index is 2.16. The van der Waals surface area contributed by atoms with Crippen LogP contribution in [0.5, 0.6) is 0 Å². The van der Waals surface area contributed by atoms with Gasteiger partial charge in [0.05, 0.1) is 10.7 Å². The molecule has 2 aromatic rings. The van der Waals surface area contributed by atoms with Gasteiger partial charge in [0.15, 0.2) is 0 Å². The number of urea groups is 1. The molecule has 2 amide bonds. The molecule has 0 aliphatic carbocycles. The van der Waals surface area contributed by atoms with Crippen molar-refractivity contribution in [3.63, 3.8) is 0 Å². The molecule has 20 heavy (non-hydrogen) atoms. The monoisotopic (exact) mass is 312 g/mol. The van der Waals surface area contributed by atoms with Crippen LogP contribution in [0.3, 0.4) is 0 Å². The molecule has 0 atom stereocenters. The smallest absolute Gasteiger partial charge is 0.339 e. The number of halogens is 1. The number of carbonyl (C=O) groups is 2. The van der Waals surface area contributed by atoms with Crippen LogP contribution in [0, 0.1) is 6.92 Å². The standard InChI is InChI=1S/C11H9ClN4O3S/c1-5-13-11(20-16-5)15-10(19)14-7-4-2-3-6(12)8(7)9(17)18/h2-4H,1H3,(H,17,18)(H2,13,14,15,16,19). The predicted octanol–water partition coefficient (Wildman–Crippen LogP) is 2.84. The van der Waals surface area contributed by atoms with Crippen molar-refractivity contribution in [1.82, 2.24) is 9.36 Å². The molecule has 3 N–H and O–H groups in total. The molecule has 0 fully saturated rings. The molecule has 1 aromatic heterocycles. The molecule has 7 nitrogen and oxygen atoms in total. The fourth-order valence-corrected chi connectivity index (χ4v) is 2.27. The van der Waals surface area contributed by atoms with Crippen molar-refractivity contribution in [1.29, 1.82) is 0 Å². The Bertz CT molecular complexity index is 673. The zero-order valence-corrected chi connectivity index (χ0v) is 11.7. The second kappa shape index (κ2) is 5.85. The fourth-order valence-electron chi connectivity index (χ4n) is 1.44.